The Bertz CT molecular complexity index is 851. The van der Waals surface area contributed by atoms with E-state index in [1.54, 1.807) is 0 Å². The standard InChI is InChI=1S/C21H31BrN2O7/c1-2-3-4-5-6-7-8-9-16(26)31-18-17(27)15(13-25)30-20(18)24-12-14(10-11-22)19(28)23-21(24)29/h10-12,15,17-18,20,25,27H,2-9,13H2,1H3,(H,23,28,29)/b11-10+/t15-,17-,18-,20-/m1/s1. The summed E-state index contributed by atoms with van der Waals surface area (Å²) < 4.78 is 12.1. The van der Waals surface area contributed by atoms with Gasteiger partial charge < -0.3 is 19.7 Å². The first-order valence-electron chi connectivity index (χ1n) is 10.7. The third-order valence-corrected chi connectivity index (χ3v) is 5.52. The maximum absolute atomic E-state index is 12.3. The molecule has 1 saturated heterocycles. The topological polar surface area (TPSA) is 131 Å². The average Bonchev–Trinajstić information content (AvgIpc) is 3.04. The molecular formula is C21H31BrN2O7. The third-order valence-electron chi connectivity index (χ3n) is 5.26. The minimum Gasteiger partial charge on any atom is -0.455 e. The molecule has 3 N–H and O–H groups in total. The summed E-state index contributed by atoms with van der Waals surface area (Å²) in [6, 6.07) is 0. The number of aliphatic hydroxyl groups excluding tert-OH is 2. The molecule has 0 aliphatic carbocycles. The number of halogens is 1. The van der Waals surface area contributed by atoms with Crippen molar-refractivity contribution in [3.8, 4) is 0 Å². The zero-order valence-electron chi connectivity index (χ0n) is 17.7. The van der Waals surface area contributed by atoms with Gasteiger partial charge in [-0.2, -0.15) is 0 Å². The van der Waals surface area contributed by atoms with Crippen LogP contribution in [0.4, 0.5) is 0 Å². The summed E-state index contributed by atoms with van der Waals surface area (Å²) in [5, 5.41) is 19.9. The highest BCUT2D eigenvalue weighted by Crippen LogP contribution is 2.31. The molecule has 1 aromatic rings. The number of carbonyl (C=O) groups is 1. The Morgan fingerprint density at radius 2 is 1.94 bits per heavy atom. The van der Waals surface area contributed by atoms with Crippen LogP contribution in [0.3, 0.4) is 0 Å². The number of ether oxygens (including phenoxy) is 2. The van der Waals surface area contributed by atoms with Crippen molar-refractivity contribution in [2.45, 2.75) is 82.8 Å². The van der Waals surface area contributed by atoms with Crippen molar-refractivity contribution < 1.29 is 24.5 Å². The molecule has 0 spiro atoms. The van der Waals surface area contributed by atoms with E-state index in [9.17, 15) is 24.6 Å². The number of aliphatic hydroxyl groups is 2. The van der Waals surface area contributed by atoms with E-state index in [4.69, 9.17) is 9.47 Å². The lowest BCUT2D eigenvalue weighted by atomic mass is 10.1. The number of esters is 1. The number of nitrogens with one attached hydrogen (secondary N) is 1. The summed E-state index contributed by atoms with van der Waals surface area (Å²) >= 11 is 3.07. The quantitative estimate of drug-likeness (QED) is 0.295. The monoisotopic (exact) mass is 502 g/mol. The van der Waals surface area contributed by atoms with E-state index in [0.29, 0.717) is 6.42 Å². The number of hydrogen-bond donors (Lipinski definition) is 3. The number of aromatic amines is 1. The lowest BCUT2D eigenvalue weighted by molar-refractivity contribution is -0.159. The third kappa shape index (κ3) is 7.13. The molecule has 31 heavy (non-hydrogen) atoms. The predicted molar refractivity (Wildman–Crippen MR) is 119 cm³/mol. The lowest BCUT2D eigenvalue weighted by Gasteiger charge is -2.22. The van der Waals surface area contributed by atoms with Crippen LogP contribution in [0, 0.1) is 0 Å². The normalized spacial score (nSPS) is 23.5. The van der Waals surface area contributed by atoms with Gasteiger partial charge in [0.25, 0.3) is 5.56 Å². The first-order chi connectivity index (χ1) is 14.9. The fourth-order valence-electron chi connectivity index (χ4n) is 3.53. The molecule has 10 heteroatoms. The van der Waals surface area contributed by atoms with Gasteiger partial charge in [-0.25, -0.2) is 4.79 Å². The van der Waals surface area contributed by atoms with Gasteiger partial charge in [-0.05, 0) is 17.5 Å². The SMILES string of the molecule is CCCCCCCCCC(=O)O[C@@H]1[C@H](O)[C@@H](CO)O[C@H]1n1cc(/C=C/Br)c(=O)[nH]c1=O. The van der Waals surface area contributed by atoms with Crippen LogP contribution in [0.15, 0.2) is 20.8 Å². The lowest BCUT2D eigenvalue weighted by Crippen LogP contribution is -2.41. The molecule has 2 heterocycles. The molecule has 0 bridgehead atoms. The van der Waals surface area contributed by atoms with Crippen molar-refractivity contribution in [3.05, 3.63) is 37.6 Å². The molecule has 0 saturated carbocycles. The highest BCUT2D eigenvalue weighted by atomic mass is 79.9. The molecule has 1 fully saturated rings. The number of rotatable bonds is 12. The molecule has 174 valence electrons. The van der Waals surface area contributed by atoms with Crippen molar-refractivity contribution in [1.82, 2.24) is 9.55 Å². The summed E-state index contributed by atoms with van der Waals surface area (Å²) in [6.07, 6.45) is 5.50. The Balaban J connectivity index is 2.07. The molecule has 4 atom stereocenters. The van der Waals surface area contributed by atoms with E-state index < -0.39 is 48.4 Å². The number of unbranched alkanes of at least 4 members (excludes halogenated alkanes) is 6. The van der Waals surface area contributed by atoms with E-state index in [2.05, 4.69) is 27.8 Å². The van der Waals surface area contributed by atoms with Crippen molar-refractivity contribution in [1.29, 1.82) is 0 Å². The van der Waals surface area contributed by atoms with Crippen LogP contribution < -0.4 is 11.2 Å². The number of nitrogens with zero attached hydrogens (tertiary/aromatic N) is 1. The summed E-state index contributed by atoms with van der Waals surface area (Å²) in [4.78, 5) is 40.2. The van der Waals surface area contributed by atoms with Gasteiger partial charge >= 0.3 is 11.7 Å². The Morgan fingerprint density at radius 3 is 2.58 bits per heavy atom. The zero-order chi connectivity index (χ0) is 22.8. The van der Waals surface area contributed by atoms with Crippen molar-refractivity contribution in [3.63, 3.8) is 0 Å². The summed E-state index contributed by atoms with van der Waals surface area (Å²) in [6.45, 7) is 1.64. The zero-order valence-corrected chi connectivity index (χ0v) is 19.3. The minimum atomic E-state index is -1.32. The predicted octanol–water partition coefficient (Wildman–Crippen LogP) is 2.21. The number of H-pyrrole nitrogens is 1. The van der Waals surface area contributed by atoms with Crippen molar-refractivity contribution in [2.75, 3.05) is 6.61 Å². The van der Waals surface area contributed by atoms with Gasteiger partial charge in [0.05, 0.1) is 12.2 Å². The maximum atomic E-state index is 12.3. The smallest absolute Gasteiger partial charge is 0.330 e. The second kappa shape index (κ2) is 12.9. The Labute approximate surface area is 189 Å². The first kappa shape index (κ1) is 25.5. The largest absolute Gasteiger partial charge is 0.455 e. The molecule has 0 unspecified atom stereocenters. The molecule has 0 aromatic carbocycles. The number of hydrogen-bond acceptors (Lipinski definition) is 7. The van der Waals surface area contributed by atoms with Crippen LogP contribution >= 0.6 is 15.9 Å². The van der Waals surface area contributed by atoms with Crippen LogP contribution in [-0.2, 0) is 14.3 Å². The molecule has 1 aromatic heterocycles. The Kier molecular flexibility index (Phi) is 10.7. The molecule has 1 aliphatic heterocycles. The van der Waals surface area contributed by atoms with Crippen LogP contribution in [0.25, 0.3) is 6.08 Å². The van der Waals surface area contributed by atoms with Gasteiger partial charge in [-0.3, -0.25) is 19.1 Å². The summed E-state index contributed by atoms with van der Waals surface area (Å²) in [7, 11) is 0. The molecule has 1 aliphatic rings. The number of carbonyl (C=O) groups excluding carboxylic acids is 1. The fourth-order valence-corrected chi connectivity index (χ4v) is 3.82. The second-order valence-electron chi connectivity index (χ2n) is 7.61. The Hall–Kier alpha value is -1.75. The van der Waals surface area contributed by atoms with Crippen LogP contribution in [0.1, 0.15) is 70.1 Å². The molecule has 2 rings (SSSR count). The number of aromatic nitrogens is 2. The van der Waals surface area contributed by atoms with E-state index >= 15 is 0 Å². The second-order valence-corrected chi connectivity index (χ2v) is 8.14. The Morgan fingerprint density at radius 1 is 1.26 bits per heavy atom. The fraction of sp³-hybridized carbons (Fsp3) is 0.667. The summed E-state index contributed by atoms with van der Waals surface area (Å²) in [5.74, 6) is -0.511. The molecule has 0 amide bonds. The average molecular weight is 503 g/mol. The molecular weight excluding hydrogens is 472 g/mol. The van der Waals surface area contributed by atoms with Gasteiger partial charge in [-0.1, -0.05) is 61.4 Å². The van der Waals surface area contributed by atoms with Crippen molar-refractivity contribution in [2.24, 2.45) is 0 Å². The highest BCUT2D eigenvalue weighted by Gasteiger charge is 2.47. The van der Waals surface area contributed by atoms with E-state index in [0.717, 1.165) is 23.8 Å². The van der Waals surface area contributed by atoms with Crippen molar-refractivity contribution >= 4 is 28.0 Å². The van der Waals surface area contributed by atoms with Gasteiger partial charge in [0.2, 0.25) is 0 Å². The molecule has 9 nitrogen and oxygen atoms in total. The minimum absolute atomic E-state index is 0.162. The van der Waals surface area contributed by atoms with E-state index in [1.807, 2.05) is 0 Å². The van der Waals surface area contributed by atoms with Gasteiger partial charge in [0, 0.05) is 12.6 Å². The molecule has 0 radical (unpaired) electrons. The summed E-state index contributed by atoms with van der Waals surface area (Å²) in [5.41, 5.74) is -1.21. The van der Waals surface area contributed by atoms with Gasteiger partial charge in [0.1, 0.15) is 12.2 Å². The highest BCUT2D eigenvalue weighted by molar-refractivity contribution is 9.11. The maximum Gasteiger partial charge on any atom is 0.330 e. The van der Waals surface area contributed by atoms with Crippen LogP contribution in [0.2, 0.25) is 0 Å². The first-order valence-corrected chi connectivity index (χ1v) is 11.6. The van der Waals surface area contributed by atoms with Gasteiger partial charge in [0.15, 0.2) is 12.3 Å². The van der Waals surface area contributed by atoms with E-state index in [1.165, 1.54) is 36.5 Å². The van der Waals surface area contributed by atoms with Crippen LogP contribution in [-0.4, -0.2) is 50.7 Å². The van der Waals surface area contributed by atoms with Gasteiger partial charge in [-0.15, -0.1) is 0 Å². The van der Waals surface area contributed by atoms with Crippen LogP contribution in [0.5, 0.6) is 0 Å². The van der Waals surface area contributed by atoms with E-state index in [-0.39, 0.29) is 12.0 Å².